The topological polar surface area (TPSA) is 59.0 Å². The number of anilines is 1. The molecule has 1 aliphatic rings. The third-order valence-corrected chi connectivity index (χ3v) is 5.23. The normalized spacial score (nSPS) is 15.7. The lowest BCUT2D eigenvalue weighted by molar-refractivity contribution is -0.113. The van der Waals surface area contributed by atoms with Gasteiger partial charge in [-0.25, -0.2) is 0 Å². The van der Waals surface area contributed by atoms with Gasteiger partial charge in [-0.15, -0.1) is 0 Å². The largest absolute Gasteiger partial charge is 0.502 e. The van der Waals surface area contributed by atoms with Gasteiger partial charge in [-0.2, -0.15) is 0 Å². The number of amides is 1. The standard InChI is InChI=1S/C18H14ClNO4S2/c1-23-13-7-10(8-14(24-2)16(13)21)9-15-17(22)20(18(25)26-15)12-5-3-11(19)4-6-12/h3-9,21H,1-2H3/b15-9+. The number of carbonyl (C=O) groups is 1. The van der Waals surface area contributed by atoms with Crippen molar-refractivity contribution in [3.63, 3.8) is 0 Å². The second kappa shape index (κ2) is 7.57. The van der Waals surface area contributed by atoms with Crippen LogP contribution < -0.4 is 14.4 Å². The zero-order valence-corrected chi connectivity index (χ0v) is 16.2. The van der Waals surface area contributed by atoms with Crippen LogP contribution in [0.5, 0.6) is 17.2 Å². The summed E-state index contributed by atoms with van der Waals surface area (Å²) in [5.74, 6) is 0.182. The van der Waals surface area contributed by atoms with Crippen LogP contribution in [0.1, 0.15) is 5.56 Å². The van der Waals surface area contributed by atoms with E-state index in [2.05, 4.69) is 0 Å². The minimum Gasteiger partial charge on any atom is -0.502 e. The number of halogens is 1. The van der Waals surface area contributed by atoms with Crippen molar-refractivity contribution in [3.05, 3.63) is 51.9 Å². The molecule has 2 aromatic rings. The number of benzene rings is 2. The van der Waals surface area contributed by atoms with Gasteiger partial charge in [0.05, 0.1) is 24.8 Å². The van der Waals surface area contributed by atoms with Crippen LogP contribution in [0.25, 0.3) is 6.08 Å². The predicted molar refractivity (Wildman–Crippen MR) is 108 cm³/mol. The molecule has 0 atom stereocenters. The Bertz CT molecular complexity index is 887. The van der Waals surface area contributed by atoms with Gasteiger partial charge >= 0.3 is 0 Å². The second-order valence-electron chi connectivity index (χ2n) is 5.27. The first-order chi connectivity index (χ1) is 12.4. The highest BCUT2D eigenvalue weighted by Gasteiger charge is 2.33. The average Bonchev–Trinajstić information content (AvgIpc) is 2.90. The maximum Gasteiger partial charge on any atom is 0.270 e. The third-order valence-electron chi connectivity index (χ3n) is 3.68. The number of aromatic hydroxyl groups is 1. The van der Waals surface area contributed by atoms with Gasteiger partial charge in [0.2, 0.25) is 5.75 Å². The minimum atomic E-state index is -0.228. The van der Waals surface area contributed by atoms with Crippen LogP contribution >= 0.6 is 35.6 Å². The van der Waals surface area contributed by atoms with Crippen molar-refractivity contribution in [1.29, 1.82) is 0 Å². The fourth-order valence-electron chi connectivity index (χ4n) is 2.43. The summed E-state index contributed by atoms with van der Waals surface area (Å²) in [6, 6.07) is 10.1. The number of thiocarbonyl (C=S) groups is 1. The Morgan fingerprint density at radius 2 is 1.73 bits per heavy atom. The second-order valence-corrected chi connectivity index (χ2v) is 7.38. The third kappa shape index (κ3) is 3.51. The van der Waals surface area contributed by atoms with Crippen LogP contribution in [-0.4, -0.2) is 29.6 Å². The van der Waals surface area contributed by atoms with E-state index in [1.165, 1.54) is 30.9 Å². The summed E-state index contributed by atoms with van der Waals surface area (Å²) in [5.41, 5.74) is 1.30. The Hall–Kier alpha value is -2.22. The molecule has 0 aliphatic carbocycles. The molecule has 1 fully saturated rings. The van der Waals surface area contributed by atoms with E-state index in [1.807, 2.05) is 0 Å². The lowest BCUT2D eigenvalue weighted by atomic mass is 10.1. The average molecular weight is 408 g/mol. The van der Waals surface area contributed by atoms with Gasteiger partial charge in [0.15, 0.2) is 15.8 Å². The van der Waals surface area contributed by atoms with E-state index in [4.69, 9.17) is 33.3 Å². The Labute approximate surface area is 165 Å². The van der Waals surface area contributed by atoms with E-state index in [1.54, 1.807) is 42.5 Å². The smallest absolute Gasteiger partial charge is 0.270 e. The molecule has 3 rings (SSSR count). The van der Waals surface area contributed by atoms with Crippen LogP contribution in [0.3, 0.4) is 0 Å². The van der Waals surface area contributed by atoms with Crippen molar-refractivity contribution < 1.29 is 19.4 Å². The Balaban J connectivity index is 1.97. The van der Waals surface area contributed by atoms with Gasteiger partial charge in [0, 0.05) is 5.02 Å². The molecule has 1 heterocycles. The minimum absolute atomic E-state index is 0.0964. The van der Waals surface area contributed by atoms with Gasteiger partial charge < -0.3 is 14.6 Å². The lowest BCUT2D eigenvalue weighted by Gasteiger charge is -2.14. The van der Waals surface area contributed by atoms with Crippen molar-refractivity contribution in [2.75, 3.05) is 19.1 Å². The van der Waals surface area contributed by atoms with Crippen molar-refractivity contribution in [3.8, 4) is 17.2 Å². The summed E-state index contributed by atoms with van der Waals surface area (Å²) >= 11 is 12.4. The van der Waals surface area contributed by atoms with Crippen LogP contribution in [0.2, 0.25) is 5.02 Å². The first kappa shape index (κ1) is 18.6. The molecule has 26 heavy (non-hydrogen) atoms. The number of methoxy groups -OCH3 is 2. The number of phenols is 1. The number of phenolic OH excluding ortho intramolecular Hbond substituents is 1. The lowest BCUT2D eigenvalue weighted by Crippen LogP contribution is -2.27. The maximum atomic E-state index is 12.8. The molecule has 0 saturated carbocycles. The molecular weight excluding hydrogens is 394 g/mol. The Morgan fingerprint density at radius 1 is 1.15 bits per heavy atom. The monoisotopic (exact) mass is 407 g/mol. The molecule has 0 aromatic heterocycles. The molecule has 1 aliphatic heterocycles. The quantitative estimate of drug-likeness (QED) is 0.596. The summed E-state index contributed by atoms with van der Waals surface area (Å²) in [6.45, 7) is 0. The van der Waals surface area contributed by atoms with E-state index in [0.717, 1.165) is 0 Å². The number of thioether (sulfide) groups is 1. The molecule has 134 valence electrons. The number of hydrogen-bond acceptors (Lipinski definition) is 6. The van der Waals surface area contributed by atoms with Crippen molar-refractivity contribution in [1.82, 2.24) is 0 Å². The van der Waals surface area contributed by atoms with E-state index in [-0.39, 0.29) is 23.2 Å². The molecule has 1 amide bonds. The van der Waals surface area contributed by atoms with Crippen molar-refractivity contribution >= 4 is 57.6 Å². The number of hydrogen-bond donors (Lipinski definition) is 1. The Morgan fingerprint density at radius 3 is 2.27 bits per heavy atom. The number of rotatable bonds is 4. The highest BCUT2D eigenvalue weighted by Crippen LogP contribution is 2.40. The fourth-order valence-corrected chi connectivity index (χ4v) is 3.85. The molecule has 0 bridgehead atoms. The molecule has 1 saturated heterocycles. The molecule has 8 heteroatoms. The van der Waals surface area contributed by atoms with E-state index < -0.39 is 0 Å². The number of nitrogens with zero attached hydrogens (tertiary/aromatic N) is 1. The van der Waals surface area contributed by atoms with Gasteiger partial charge in [-0.3, -0.25) is 9.69 Å². The van der Waals surface area contributed by atoms with E-state index >= 15 is 0 Å². The van der Waals surface area contributed by atoms with Gasteiger partial charge in [0.25, 0.3) is 5.91 Å². The number of ether oxygens (including phenoxy) is 2. The first-order valence-corrected chi connectivity index (χ1v) is 9.03. The molecule has 0 radical (unpaired) electrons. The summed E-state index contributed by atoms with van der Waals surface area (Å²) in [6.07, 6.45) is 1.68. The van der Waals surface area contributed by atoms with Crippen LogP contribution in [0, 0.1) is 0 Å². The van der Waals surface area contributed by atoms with E-state index in [9.17, 15) is 9.90 Å². The van der Waals surface area contributed by atoms with Crippen LogP contribution in [0.4, 0.5) is 5.69 Å². The van der Waals surface area contributed by atoms with Gasteiger partial charge in [-0.05, 0) is 48.0 Å². The van der Waals surface area contributed by atoms with Crippen molar-refractivity contribution in [2.45, 2.75) is 0 Å². The SMILES string of the molecule is COc1cc(/C=C2/SC(=S)N(c3ccc(Cl)cc3)C2=O)cc(OC)c1O. The zero-order chi connectivity index (χ0) is 18.8. The number of carbonyl (C=O) groups excluding carboxylic acids is 1. The summed E-state index contributed by atoms with van der Waals surface area (Å²) in [7, 11) is 2.89. The molecular formula is C18H14ClNO4S2. The molecule has 5 nitrogen and oxygen atoms in total. The molecule has 1 N–H and O–H groups in total. The van der Waals surface area contributed by atoms with Crippen molar-refractivity contribution in [2.24, 2.45) is 0 Å². The first-order valence-electron chi connectivity index (χ1n) is 7.43. The van der Waals surface area contributed by atoms with Gasteiger partial charge in [-0.1, -0.05) is 35.6 Å². The van der Waals surface area contributed by atoms with Crippen LogP contribution in [0.15, 0.2) is 41.3 Å². The van der Waals surface area contributed by atoms with Crippen LogP contribution in [-0.2, 0) is 4.79 Å². The van der Waals surface area contributed by atoms with E-state index in [0.29, 0.717) is 25.5 Å². The Kier molecular flexibility index (Phi) is 5.41. The summed E-state index contributed by atoms with van der Waals surface area (Å²) in [4.78, 5) is 14.7. The van der Waals surface area contributed by atoms with Gasteiger partial charge in [0.1, 0.15) is 0 Å². The molecule has 0 spiro atoms. The summed E-state index contributed by atoms with van der Waals surface area (Å²) < 4.78 is 10.7. The highest BCUT2D eigenvalue weighted by atomic mass is 35.5. The summed E-state index contributed by atoms with van der Waals surface area (Å²) in [5, 5.41) is 10.6. The fraction of sp³-hybridized carbons (Fsp3) is 0.111. The molecule has 2 aromatic carbocycles. The highest BCUT2D eigenvalue weighted by molar-refractivity contribution is 8.27. The maximum absolute atomic E-state index is 12.8. The predicted octanol–water partition coefficient (Wildman–Crippen LogP) is 4.47. The molecule has 0 unspecified atom stereocenters. The zero-order valence-electron chi connectivity index (χ0n) is 13.9.